The molecule has 0 bridgehead atoms. The molecule has 3 N–H and O–H groups in total. The van der Waals surface area contributed by atoms with Gasteiger partial charge < -0.3 is 11.1 Å². The topological polar surface area (TPSA) is 72.9 Å². The van der Waals surface area contributed by atoms with Gasteiger partial charge in [0.1, 0.15) is 12.4 Å². The van der Waals surface area contributed by atoms with E-state index in [0.29, 0.717) is 17.8 Å². The molecule has 0 unspecified atom stereocenters. The number of nitrogens with zero attached hydrogens (tertiary/aromatic N) is 2. The van der Waals surface area contributed by atoms with E-state index in [-0.39, 0.29) is 12.5 Å². The number of hydrogen-bond acceptors (Lipinski definition) is 3. The molecule has 6 heteroatoms. The van der Waals surface area contributed by atoms with Crippen molar-refractivity contribution >= 4 is 17.3 Å². The predicted molar refractivity (Wildman–Crippen MR) is 71.0 cm³/mol. The monoisotopic (exact) mass is 262 g/mol. The van der Waals surface area contributed by atoms with Crippen LogP contribution >= 0.6 is 0 Å². The third-order valence-corrected chi connectivity index (χ3v) is 2.62. The highest BCUT2D eigenvalue weighted by molar-refractivity contribution is 5.90. The van der Waals surface area contributed by atoms with Crippen molar-refractivity contribution in [1.82, 2.24) is 9.78 Å². The maximum absolute atomic E-state index is 13.0. The van der Waals surface area contributed by atoms with Crippen LogP contribution in [-0.2, 0) is 17.8 Å². The van der Waals surface area contributed by atoms with Gasteiger partial charge in [0, 0.05) is 11.9 Å². The number of carbonyl (C=O) groups is 1. The summed E-state index contributed by atoms with van der Waals surface area (Å²) < 4.78 is 14.4. The molecule has 2 aromatic rings. The summed E-state index contributed by atoms with van der Waals surface area (Å²) in [6.07, 6.45) is 2.33. The second-order valence-electron chi connectivity index (χ2n) is 4.14. The van der Waals surface area contributed by atoms with E-state index in [1.165, 1.54) is 22.9 Å². The number of rotatable bonds is 4. The summed E-state index contributed by atoms with van der Waals surface area (Å²) >= 11 is 0. The number of nitrogen functional groups attached to an aromatic ring is 1. The Labute approximate surface area is 110 Å². The molecule has 0 aliphatic rings. The summed E-state index contributed by atoms with van der Waals surface area (Å²) in [5.41, 5.74) is 7.49. The van der Waals surface area contributed by atoms with Gasteiger partial charge in [-0.3, -0.25) is 9.48 Å². The van der Waals surface area contributed by atoms with Crippen molar-refractivity contribution in [1.29, 1.82) is 0 Å². The minimum Gasteiger partial charge on any atom is -0.396 e. The Kier molecular flexibility index (Phi) is 3.79. The van der Waals surface area contributed by atoms with E-state index in [1.807, 2.05) is 6.92 Å². The fourth-order valence-corrected chi connectivity index (χ4v) is 1.75. The van der Waals surface area contributed by atoms with E-state index in [2.05, 4.69) is 10.4 Å². The highest BCUT2D eigenvalue weighted by atomic mass is 19.1. The molecular weight excluding hydrogens is 247 g/mol. The van der Waals surface area contributed by atoms with Gasteiger partial charge in [-0.1, -0.05) is 13.0 Å². The summed E-state index contributed by atoms with van der Waals surface area (Å²) in [6.45, 7) is 1.98. The van der Waals surface area contributed by atoms with Crippen molar-refractivity contribution in [3.05, 3.63) is 42.0 Å². The zero-order valence-corrected chi connectivity index (χ0v) is 10.6. The molecule has 1 heterocycles. The average Bonchev–Trinajstić information content (AvgIpc) is 2.69. The van der Waals surface area contributed by atoms with Crippen LogP contribution in [0.4, 0.5) is 15.8 Å². The Hall–Kier alpha value is -2.37. The minimum absolute atomic E-state index is 0.0424. The first-order valence-electron chi connectivity index (χ1n) is 5.95. The fraction of sp³-hybridized carbons (Fsp3) is 0.231. The SMILES string of the molecule is CCc1nn(CC(=O)Nc2cccc(F)c2)cc1N. The van der Waals surface area contributed by atoms with Crippen molar-refractivity contribution in [2.45, 2.75) is 19.9 Å². The number of nitrogens with one attached hydrogen (secondary N) is 1. The second kappa shape index (κ2) is 5.51. The molecular formula is C13H15FN4O. The number of benzene rings is 1. The molecule has 5 nitrogen and oxygen atoms in total. The van der Waals surface area contributed by atoms with Crippen LogP contribution < -0.4 is 11.1 Å². The first kappa shape index (κ1) is 13.1. The van der Waals surface area contributed by atoms with Crippen LogP contribution in [0, 0.1) is 5.82 Å². The van der Waals surface area contributed by atoms with Crippen LogP contribution in [0.25, 0.3) is 0 Å². The maximum Gasteiger partial charge on any atom is 0.246 e. The fourth-order valence-electron chi connectivity index (χ4n) is 1.75. The molecule has 1 amide bonds. The minimum atomic E-state index is -0.394. The quantitative estimate of drug-likeness (QED) is 0.882. The number of aryl methyl sites for hydroxylation is 1. The van der Waals surface area contributed by atoms with Crippen LogP contribution in [-0.4, -0.2) is 15.7 Å². The van der Waals surface area contributed by atoms with Crippen LogP contribution in [0.15, 0.2) is 30.5 Å². The summed E-state index contributed by atoms with van der Waals surface area (Å²) in [7, 11) is 0. The summed E-state index contributed by atoms with van der Waals surface area (Å²) in [6, 6.07) is 5.73. The van der Waals surface area contributed by atoms with Crippen molar-refractivity contribution in [2.75, 3.05) is 11.1 Å². The van der Waals surface area contributed by atoms with Crippen molar-refractivity contribution in [3.8, 4) is 0 Å². The van der Waals surface area contributed by atoms with Gasteiger partial charge in [-0.25, -0.2) is 4.39 Å². The normalized spacial score (nSPS) is 10.4. The number of aromatic nitrogens is 2. The molecule has 2 rings (SSSR count). The molecule has 0 fully saturated rings. The standard InChI is InChI=1S/C13H15FN4O/c1-2-12-11(15)7-18(17-12)8-13(19)16-10-5-3-4-9(14)6-10/h3-7H,2,8,15H2,1H3,(H,16,19). The third-order valence-electron chi connectivity index (χ3n) is 2.62. The summed E-state index contributed by atoms with van der Waals surface area (Å²) in [5.74, 6) is -0.676. The van der Waals surface area contributed by atoms with Crippen LogP contribution in [0.3, 0.4) is 0 Å². The number of anilines is 2. The lowest BCUT2D eigenvalue weighted by molar-refractivity contribution is -0.116. The molecule has 0 spiro atoms. The lowest BCUT2D eigenvalue weighted by atomic mass is 10.3. The predicted octanol–water partition coefficient (Wildman–Crippen LogP) is 1.81. The largest absolute Gasteiger partial charge is 0.396 e. The number of carbonyl (C=O) groups excluding carboxylic acids is 1. The molecule has 100 valence electrons. The van der Waals surface area contributed by atoms with E-state index in [0.717, 1.165) is 5.69 Å². The lowest BCUT2D eigenvalue weighted by Crippen LogP contribution is -2.19. The van der Waals surface area contributed by atoms with Gasteiger partial charge in [-0.2, -0.15) is 5.10 Å². The highest BCUT2D eigenvalue weighted by Gasteiger charge is 2.08. The molecule has 0 atom stereocenters. The van der Waals surface area contributed by atoms with E-state index in [1.54, 1.807) is 12.3 Å². The Morgan fingerprint density at radius 3 is 2.95 bits per heavy atom. The zero-order chi connectivity index (χ0) is 13.8. The lowest BCUT2D eigenvalue weighted by Gasteiger charge is -2.05. The average molecular weight is 262 g/mol. The molecule has 19 heavy (non-hydrogen) atoms. The van der Waals surface area contributed by atoms with Gasteiger partial charge in [0.2, 0.25) is 5.91 Å². The smallest absolute Gasteiger partial charge is 0.246 e. The van der Waals surface area contributed by atoms with Crippen LogP contribution in [0.5, 0.6) is 0 Å². The Balaban J connectivity index is 2.01. The Morgan fingerprint density at radius 1 is 1.53 bits per heavy atom. The maximum atomic E-state index is 13.0. The zero-order valence-electron chi connectivity index (χ0n) is 10.6. The van der Waals surface area contributed by atoms with E-state index < -0.39 is 5.82 Å². The molecule has 1 aromatic heterocycles. The van der Waals surface area contributed by atoms with Gasteiger partial charge in [-0.05, 0) is 24.6 Å². The van der Waals surface area contributed by atoms with Crippen molar-refractivity contribution in [2.24, 2.45) is 0 Å². The first-order valence-corrected chi connectivity index (χ1v) is 5.95. The second-order valence-corrected chi connectivity index (χ2v) is 4.14. The van der Waals surface area contributed by atoms with Crippen LogP contribution in [0.2, 0.25) is 0 Å². The summed E-state index contributed by atoms with van der Waals surface area (Å²) in [4.78, 5) is 11.8. The highest BCUT2D eigenvalue weighted by Crippen LogP contribution is 2.11. The third kappa shape index (κ3) is 3.31. The number of nitrogens with two attached hydrogens (primary N) is 1. The van der Waals surface area contributed by atoms with Gasteiger partial charge in [0.15, 0.2) is 0 Å². The first-order chi connectivity index (χ1) is 9.08. The van der Waals surface area contributed by atoms with Crippen LogP contribution in [0.1, 0.15) is 12.6 Å². The van der Waals surface area contributed by atoms with Crippen molar-refractivity contribution in [3.63, 3.8) is 0 Å². The molecule has 0 saturated carbocycles. The molecule has 1 aromatic carbocycles. The van der Waals surface area contributed by atoms with Gasteiger partial charge in [-0.15, -0.1) is 0 Å². The van der Waals surface area contributed by atoms with Gasteiger partial charge >= 0.3 is 0 Å². The van der Waals surface area contributed by atoms with E-state index in [4.69, 9.17) is 5.73 Å². The molecule has 0 aliphatic carbocycles. The molecule has 0 saturated heterocycles. The Morgan fingerprint density at radius 2 is 2.32 bits per heavy atom. The number of hydrogen-bond donors (Lipinski definition) is 2. The van der Waals surface area contributed by atoms with Gasteiger partial charge in [0.05, 0.1) is 11.4 Å². The van der Waals surface area contributed by atoms with E-state index >= 15 is 0 Å². The molecule has 0 aliphatic heterocycles. The van der Waals surface area contributed by atoms with Crippen molar-refractivity contribution < 1.29 is 9.18 Å². The van der Waals surface area contributed by atoms with E-state index in [9.17, 15) is 9.18 Å². The number of amides is 1. The van der Waals surface area contributed by atoms with Gasteiger partial charge in [0.25, 0.3) is 0 Å². The molecule has 0 radical (unpaired) electrons. The Bertz CT molecular complexity index is 594. The summed E-state index contributed by atoms with van der Waals surface area (Å²) in [5, 5.41) is 6.78. The number of halogens is 1.